The Balaban J connectivity index is 3.95. The largest absolute Gasteiger partial charge is 0.456 e. The summed E-state index contributed by atoms with van der Waals surface area (Å²) in [6.45, 7) is 0. The van der Waals surface area contributed by atoms with E-state index in [1.165, 1.54) is 0 Å². The van der Waals surface area contributed by atoms with Gasteiger partial charge in [0.2, 0.25) is 0 Å². The molecular weight excluding hydrogens is 564 g/mol. The molecule has 1 saturated heterocycles. The molecule has 0 aromatic heterocycles. The number of carbonyl (C=O) groups excluding carboxylic acids is 1. The molecule has 0 bridgehead atoms. The van der Waals surface area contributed by atoms with Gasteiger partial charge in [-0.15, -0.1) is 4.90 Å². The van der Waals surface area contributed by atoms with Crippen LogP contribution in [0.1, 0.15) is 0 Å². The summed E-state index contributed by atoms with van der Waals surface area (Å²) in [5.41, 5.74) is 0. The molecular formula is C10H4F16N2O5S. The molecule has 34 heavy (non-hydrogen) atoms. The van der Waals surface area contributed by atoms with E-state index in [0.29, 0.717) is 0 Å². The second-order valence-corrected chi connectivity index (χ2v) is 7.51. The molecule has 0 saturated carbocycles. The molecule has 1 aliphatic rings. The average molecular weight is 568 g/mol. The van der Waals surface area contributed by atoms with Gasteiger partial charge in [0.1, 0.15) is 5.88 Å². The number of hydrogen-bond donors (Lipinski definition) is 2. The van der Waals surface area contributed by atoms with Gasteiger partial charge in [0.05, 0.1) is 0 Å². The molecule has 1 fully saturated rings. The lowest BCUT2D eigenvalue weighted by atomic mass is 10.0. The zero-order valence-electron chi connectivity index (χ0n) is 14.7. The monoisotopic (exact) mass is 568 g/mol. The number of morpholine rings is 1. The second-order valence-electron chi connectivity index (χ2n) is 6.05. The topological polar surface area (TPSA) is 95.9 Å². The number of nitrogens with one attached hydrogen (secondary N) is 1. The van der Waals surface area contributed by atoms with E-state index in [2.05, 4.69) is 0 Å². The van der Waals surface area contributed by atoms with E-state index < -0.39 is 74.9 Å². The third-order valence-corrected chi connectivity index (χ3v) is 4.21. The lowest BCUT2D eigenvalue weighted by molar-refractivity contribution is -0.601. The molecule has 0 aromatic carbocycles. The summed E-state index contributed by atoms with van der Waals surface area (Å²) >= 11 is 0. The number of hydrogen-bond acceptors (Lipinski definition) is 5. The summed E-state index contributed by atoms with van der Waals surface area (Å²) in [4.78, 5) is 6.53. The van der Waals surface area contributed by atoms with Crippen LogP contribution < -0.4 is 5.32 Å². The fourth-order valence-electron chi connectivity index (χ4n) is 2.13. The van der Waals surface area contributed by atoms with Gasteiger partial charge >= 0.3 is 48.1 Å². The van der Waals surface area contributed by atoms with Crippen molar-refractivity contribution in [2.75, 3.05) is 5.88 Å². The van der Waals surface area contributed by atoms with Crippen LogP contribution in [-0.4, -0.2) is 77.8 Å². The first-order valence-electron chi connectivity index (χ1n) is 7.22. The average Bonchev–Trinajstić information content (AvgIpc) is 2.54. The number of nitrogens with zero attached hydrogens (tertiary/aromatic N) is 1. The molecule has 2 N–H and O–H groups in total. The quantitative estimate of drug-likeness (QED) is 0.301. The summed E-state index contributed by atoms with van der Waals surface area (Å²) in [5, 5.41) is 0.0782. The Labute approximate surface area is 174 Å². The van der Waals surface area contributed by atoms with Gasteiger partial charge in [0.25, 0.3) is 16.0 Å². The van der Waals surface area contributed by atoms with Crippen molar-refractivity contribution >= 4 is 16.0 Å². The van der Waals surface area contributed by atoms with Crippen LogP contribution in [0.2, 0.25) is 0 Å². The zero-order valence-corrected chi connectivity index (χ0v) is 15.5. The van der Waals surface area contributed by atoms with Crippen LogP contribution in [0.25, 0.3) is 0 Å². The van der Waals surface area contributed by atoms with Crippen LogP contribution >= 0.6 is 0 Å². The first-order valence-corrected chi connectivity index (χ1v) is 8.82. The van der Waals surface area contributed by atoms with Crippen molar-refractivity contribution in [1.82, 2.24) is 10.2 Å². The Morgan fingerprint density at radius 2 is 1.12 bits per heavy atom. The Bertz CT molecular complexity index is 893. The molecule has 202 valence electrons. The highest BCUT2D eigenvalue weighted by molar-refractivity contribution is 7.85. The number of alkyl halides is 16. The zero-order chi connectivity index (χ0) is 27.8. The van der Waals surface area contributed by atoms with Gasteiger partial charge in [-0.2, -0.15) is 78.7 Å². The Morgan fingerprint density at radius 1 is 0.794 bits per heavy atom. The summed E-state index contributed by atoms with van der Waals surface area (Å²) in [6, 6.07) is -24.2. The number of carbonyl (C=O) groups is 1. The fraction of sp³-hybridized carbons (Fsp3) is 0.900. The molecule has 0 spiro atoms. The maximum absolute atomic E-state index is 14.0. The van der Waals surface area contributed by atoms with Crippen molar-refractivity contribution in [3.05, 3.63) is 0 Å². The van der Waals surface area contributed by atoms with Gasteiger partial charge in [0, 0.05) is 0 Å². The van der Waals surface area contributed by atoms with E-state index in [-0.39, 0.29) is 5.32 Å². The minimum absolute atomic E-state index is 0.0782. The van der Waals surface area contributed by atoms with Crippen LogP contribution in [0.5, 0.6) is 0 Å². The molecule has 1 rings (SSSR count). The number of halogens is 16. The predicted octanol–water partition coefficient (Wildman–Crippen LogP) is 3.15. The van der Waals surface area contributed by atoms with Crippen molar-refractivity contribution in [3.8, 4) is 0 Å². The van der Waals surface area contributed by atoms with Crippen LogP contribution in [0, 0.1) is 0 Å². The van der Waals surface area contributed by atoms with E-state index >= 15 is 0 Å². The van der Waals surface area contributed by atoms with Crippen LogP contribution in [0.3, 0.4) is 0 Å². The summed E-state index contributed by atoms with van der Waals surface area (Å²) < 4.78 is 245. The number of rotatable bonds is 5. The van der Waals surface area contributed by atoms with E-state index in [9.17, 15) is 83.5 Å². The number of ether oxygens (including phenoxy) is 1. The van der Waals surface area contributed by atoms with E-state index in [0.717, 1.165) is 0 Å². The number of amides is 1. The molecule has 0 aliphatic carbocycles. The predicted molar refractivity (Wildman–Crippen MR) is 67.1 cm³/mol. The van der Waals surface area contributed by atoms with Gasteiger partial charge < -0.3 is 5.32 Å². The lowest BCUT2D eigenvalue weighted by Crippen LogP contribution is -2.86. The normalized spacial score (nSPS) is 29.1. The fourth-order valence-corrected chi connectivity index (χ4v) is 2.45. The maximum atomic E-state index is 14.0. The molecule has 1 amide bonds. The molecule has 24 heteroatoms. The highest BCUT2D eigenvalue weighted by Gasteiger charge is 2.96. The smallest absolute Gasteiger partial charge is 0.335 e. The molecule has 1 aliphatic heterocycles. The molecule has 2 atom stereocenters. The molecule has 0 radical (unpaired) electrons. The Hall–Kier alpha value is -1.82. The van der Waals surface area contributed by atoms with Gasteiger partial charge in [-0.1, -0.05) is 0 Å². The standard InChI is InChI=1S/C10H4F16N2O5S/c11-3(12,2(29)27-1-34(30,31)32)8(21,22)28-9(23,24)4(13,6(15,16)17)33-5(14,7(18,19)20)10(28,25)26/h1H2,(H,27,29)(H,30,31,32). The summed E-state index contributed by atoms with van der Waals surface area (Å²) in [5.74, 6) is -29.6. The minimum Gasteiger partial charge on any atom is -0.335 e. The minimum atomic E-state index is -8.07. The van der Waals surface area contributed by atoms with Crippen molar-refractivity contribution < 1.29 is 92.7 Å². The van der Waals surface area contributed by atoms with Crippen molar-refractivity contribution in [2.24, 2.45) is 0 Å². The maximum Gasteiger partial charge on any atom is 0.456 e. The first kappa shape index (κ1) is 30.2. The van der Waals surface area contributed by atoms with Crippen molar-refractivity contribution in [3.63, 3.8) is 0 Å². The van der Waals surface area contributed by atoms with Gasteiger partial charge in [-0.05, 0) is 0 Å². The summed E-state index contributed by atoms with van der Waals surface area (Å²) in [6.07, 6.45) is -15.6. The third kappa shape index (κ3) is 4.10. The van der Waals surface area contributed by atoms with Gasteiger partial charge in [-0.3, -0.25) is 14.1 Å². The molecule has 1 heterocycles. The van der Waals surface area contributed by atoms with Crippen LogP contribution in [0.15, 0.2) is 0 Å². The van der Waals surface area contributed by atoms with Crippen molar-refractivity contribution in [1.29, 1.82) is 0 Å². The highest BCUT2D eigenvalue weighted by atomic mass is 32.2. The lowest BCUT2D eigenvalue weighted by Gasteiger charge is -2.55. The molecule has 7 nitrogen and oxygen atoms in total. The van der Waals surface area contributed by atoms with E-state index in [4.69, 9.17) is 4.55 Å². The summed E-state index contributed by atoms with van der Waals surface area (Å²) in [7, 11) is -5.63. The molecule has 0 aromatic rings. The highest BCUT2D eigenvalue weighted by Crippen LogP contribution is 2.66. The van der Waals surface area contributed by atoms with Gasteiger partial charge in [-0.25, -0.2) is 0 Å². The SMILES string of the molecule is O=C(NCS(=O)(=O)O)C(F)(F)C(F)(F)N1C(F)(F)C(F)(C(F)(F)F)OC(F)(C(F)(F)F)C1(F)F. The third-order valence-electron chi connectivity index (χ3n) is 3.70. The second kappa shape index (κ2) is 7.59. The Kier molecular flexibility index (Phi) is 6.74. The Morgan fingerprint density at radius 3 is 1.38 bits per heavy atom. The van der Waals surface area contributed by atoms with Crippen LogP contribution in [0.4, 0.5) is 70.2 Å². The van der Waals surface area contributed by atoms with E-state index in [1.807, 2.05) is 0 Å². The van der Waals surface area contributed by atoms with Gasteiger partial charge in [0.15, 0.2) is 0 Å². The first-order chi connectivity index (χ1) is 14.5. The van der Waals surface area contributed by atoms with Crippen molar-refractivity contribution in [2.45, 2.75) is 48.1 Å². The van der Waals surface area contributed by atoms with Crippen LogP contribution in [-0.2, 0) is 19.6 Å². The molecule has 2 unspecified atom stereocenters. The van der Waals surface area contributed by atoms with E-state index in [1.54, 1.807) is 4.74 Å².